The number of amidine groups is 1. The molecule has 0 saturated carbocycles. The minimum absolute atomic E-state index is 0. The Bertz CT molecular complexity index is 364. The van der Waals surface area contributed by atoms with Crippen LogP contribution in [0.4, 0.5) is 5.82 Å². The molecule has 0 aliphatic carbocycles. The second-order valence-corrected chi connectivity index (χ2v) is 3.24. The third-order valence-electron chi connectivity index (χ3n) is 2.17. The van der Waals surface area contributed by atoms with Crippen molar-refractivity contribution in [1.29, 1.82) is 0 Å². The van der Waals surface area contributed by atoms with Crippen LogP contribution in [0, 0.1) is 0 Å². The maximum atomic E-state index is 4.79. The summed E-state index contributed by atoms with van der Waals surface area (Å²) in [5.41, 5.74) is 0.892. The van der Waals surface area contributed by atoms with Crippen LogP contribution in [0.15, 0.2) is 11.5 Å². The highest BCUT2D eigenvalue weighted by Crippen LogP contribution is 2.21. The molecule has 0 amide bonds. The third kappa shape index (κ3) is 2.01. The number of imidazole rings is 1. The Balaban J connectivity index is 0.00000112. The van der Waals surface area contributed by atoms with Crippen molar-refractivity contribution in [3.05, 3.63) is 12.0 Å². The molecule has 0 radical (unpaired) electrons. The van der Waals surface area contributed by atoms with E-state index in [0.717, 1.165) is 24.0 Å². The number of nitrogens with zero attached hydrogens (tertiary/aromatic N) is 4. The van der Waals surface area contributed by atoms with Gasteiger partial charge in [-0.2, -0.15) is 0 Å². The van der Waals surface area contributed by atoms with Crippen molar-refractivity contribution >= 4 is 35.6 Å². The van der Waals surface area contributed by atoms with E-state index in [4.69, 9.17) is 4.84 Å². The van der Waals surface area contributed by atoms with Crippen molar-refractivity contribution < 1.29 is 4.84 Å². The molecule has 6 nitrogen and oxygen atoms in total. The first-order valence-electron chi connectivity index (χ1n) is 4.31. The average molecular weight is 323 g/mol. The molecule has 0 spiro atoms. The zero-order valence-corrected chi connectivity index (χ0v) is 11.2. The lowest BCUT2D eigenvalue weighted by atomic mass is 10.3. The summed E-state index contributed by atoms with van der Waals surface area (Å²) in [5, 5.41) is 3.96. The first-order valence-corrected chi connectivity index (χ1v) is 4.31. The Kier molecular flexibility index (Phi) is 3.77. The number of hydrogen-bond acceptors (Lipinski definition) is 4. The summed E-state index contributed by atoms with van der Waals surface area (Å²) in [5.74, 6) is 1.68. The molecule has 1 N–H and O–H groups in total. The maximum Gasteiger partial charge on any atom is 0.196 e. The monoisotopic (exact) mass is 323 g/mol. The van der Waals surface area contributed by atoms with E-state index >= 15 is 0 Å². The zero-order chi connectivity index (χ0) is 10.1. The van der Waals surface area contributed by atoms with Gasteiger partial charge in [0.05, 0.1) is 13.0 Å². The Morgan fingerprint density at radius 2 is 2.20 bits per heavy atom. The standard InChI is InChI=1S/C8H13N5O.HI/c1-12-5-13(2)8(11-14-3)6-7(12)10-4-9-6;/h4H,5H2,1-3H3,(H,9,10);1H/b11-8-;. The highest BCUT2D eigenvalue weighted by molar-refractivity contribution is 14.0. The van der Waals surface area contributed by atoms with Gasteiger partial charge in [0, 0.05) is 14.1 Å². The minimum atomic E-state index is 0. The lowest BCUT2D eigenvalue weighted by Gasteiger charge is -2.32. The van der Waals surface area contributed by atoms with Crippen molar-refractivity contribution in [2.45, 2.75) is 0 Å². The van der Waals surface area contributed by atoms with E-state index in [1.165, 1.54) is 7.11 Å². The molecule has 1 aliphatic rings. The van der Waals surface area contributed by atoms with E-state index < -0.39 is 0 Å². The molecule has 2 heterocycles. The summed E-state index contributed by atoms with van der Waals surface area (Å²) in [7, 11) is 5.48. The highest BCUT2D eigenvalue weighted by atomic mass is 127. The summed E-state index contributed by atoms with van der Waals surface area (Å²) in [6.07, 6.45) is 1.66. The normalized spacial score (nSPS) is 17.4. The predicted octanol–water partition coefficient (Wildman–Crippen LogP) is 0.675. The summed E-state index contributed by atoms with van der Waals surface area (Å²) in [6.45, 7) is 0.750. The molecule has 0 fully saturated rings. The van der Waals surface area contributed by atoms with Gasteiger partial charge in [-0.05, 0) is 0 Å². The molecule has 0 aromatic carbocycles. The summed E-state index contributed by atoms with van der Waals surface area (Å²) < 4.78 is 0. The van der Waals surface area contributed by atoms with Crippen LogP contribution >= 0.6 is 24.0 Å². The fourth-order valence-corrected chi connectivity index (χ4v) is 1.59. The van der Waals surface area contributed by atoms with Gasteiger partial charge in [0.1, 0.15) is 12.8 Å². The van der Waals surface area contributed by atoms with Crippen molar-refractivity contribution in [1.82, 2.24) is 14.9 Å². The molecule has 0 atom stereocenters. The van der Waals surface area contributed by atoms with Crippen LogP contribution in [0.25, 0.3) is 0 Å². The summed E-state index contributed by atoms with van der Waals surface area (Å²) in [4.78, 5) is 16.1. The van der Waals surface area contributed by atoms with Crippen LogP contribution < -0.4 is 4.90 Å². The van der Waals surface area contributed by atoms with Crippen LogP contribution in [0.2, 0.25) is 0 Å². The molecule has 1 aliphatic heterocycles. The van der Waals surface area contributed by atoms with E-state index in [2.05, 4.69) is 15.1 Å². The van der Waals surface area contributed by atoms with Crippen molar-refractivity contribution in [3.8, 4) is 0 Å². The number of halogens is 1. The van der Waals surface area contributed by atoms with Gasteiger partial charge in [-0.3, -0.25) is 0 Å². The number of oxime groups is 1. The van der Waals surface area contributed by atoms with E-state index in [9.17, 15) is 0 Å². The number of aromatic amines is 1. The van der Waals surface area contributed by atoms with Gasteiger partial charge >= 0.3 is 0 Å². The Labute approximate surface area is 105 Å². The zero-order valence-electron chi connectivity index (χ0n) is 8.89. The fraction of sp³-hybridized carbons (Fsp3) is 0.500. The number of aromatic nitrogens is 2. The maximum absolute atomic E-state index is 4.79. The quantitative estimate of drug-likeness (QED) is 0.610. The largest absolute Gasteiger partial charge is 0.397 e. The molecule has 7 heteroatoms. The van der Waals surface area contributed by atoms with E-state index in [1.54, 1.807) is 6.33 Å². The van der Waals surface area contributed by atoms with Crippen LogP contribution in [0.5, 0.6) is 0 Å². The Morgan fingerprint density at radius 3 is 2.87 bits per heavy atom. The van der Waals surface area contributed by atoms with Gasteiger partial charge in [0.25, 0.3) is 0 Å². The molecule has 2 rings (SSSR count). The van der Waals surface area contributed by atoms with Crippen molar-refractivity contribution in [2.75, 3.05) is 32.8 Å². The molecule has 0 bridgehead atoms. The van der Waals surface area contributed by atoms with Gasteiger partial charge < -0.3 is 19.6 Å². The average Bonchev–Trinajstić information content (AvgIpc) is 2.60. The molecule has 84 valence electrons. The van der Waals surface area contributed by atoms with Crippen molar-refractivity contribution in [2.24, 2.45) is 5.16 Å². The summed E-state index contributed by atoms with van der Waals surface area (Å²) >= 11 is 0. The minimum Gasteiger partial charge on any atom is -0.397 e. The topological polar surface area (TPSA) is 56.8 Å². The number of hydrogen-bond donors (Lipinski definition) is 1. The highest BCUT2D eigenvalue weighted by Gasteiger charge is 2.26. The lowest BCUT2D eigenvalue weighted by molar-refractivity contribution is 0.207. The Morgan fingerprint density at radius 1 is 1.47 bits per heavy atom. The van der Waals surface area contributed by atoms with Crippen LogP contribution in [-0.4, -0.2) is 48.6 Å². The first-order chi connectivity index (χ1) is 6.74. The van der Waals surface area contributed by atoms with Gasteiger partial charge in [0.15, 0.2) is 11.7 Å². The van der Waals surface area contributed by atoms with Crippen LogP contribution in [0.3, 0.4) is 0 Å². The molecular weight excluding hydrogens is 309 g/mol. The molecular formula is C8H14IN5O. The Hall–Kier alpha value is -0.990. The number of rotatable bonds is 1. The van der Waals surface area contributed by atoms with Gasteiger partial charge in [-0.1, -0.05) is 5.16 Å². The SMILES string of the molecule is CO/N=C1/c2[nH]cnc2N(C)CN1C.I. The third-order valence-corrected chi connectivity index (χ3v) is 2.17. The second-order valence-electron chi connectivity index (χ2n) is 3.24. The smallest absolute Gasteiger partial charge is 0.196 e. The van der Waals surface area contributed by atoms with Crippen LogP contribution in [0.1, 0.15) is 5.69 Å². The summed E-state index contributed by atoms with van der Waals surface area (Å²) in [6, 6.07) is 0. The van der Waals surface area contributed by atoms with E-state index in [1.807, 2.05) is 23.9 Å². The first kappa shape index (κ1) is 12.1. The number of H-pyrrole nitrogens is 1. The van der Waals surface area contributed by atoms with E-state index in [-0.39, 0.29) is 24.0 Å². The second kappa shape index (κ2) is 4.69. The molecule has 0 saturated heterocycles. The van der Waals surface area contributed by atoms with Crippen molar-refractivity contribution in [3.63, 3.8) is 0 Å². The van der Waals surface area contributed by atoms with Gasteiger partial charge in [-0.15, -0.1) is 24.0 Å². The molecule has 0 unspecified atom stereocenters. The van der Waals surface area contributed by atoms with Gasteiger partial charge in [0.2, 0.25) is 0 Å². The molecule has 1 aromatic rings. The number of anilines is 1. The number of nitrogens with one attached hydrogen (secondary N) is 1. The number of fused-ring (bicyclic) bond motifs is 1. The van der Waals surface area contributed by atoms with Crippen LogP contribution in [-0.2, 0) is 4.84 Å². The molecule has 1 aromatic heterocycles. The predicted molar refractivity (Wildman–Crippen MR) is 68.6 cm³/mol. The lowest BCUT2D eigenvalue weighted by Crippen LogP contribution is -2.43. The molecule has 15 heavy (non-hydrogen) atoms. The van der Waals surface area contributed by atoms with E-state index in [0.29, 0.717) is 0 Å². The fourth-order valence-electron chi connectivity index (χ4n) is 1.59. The van der Waals surface area contributed by atoms with Gasteiger partial charge in [-0.25, -0.2) is 4.98 Å².